The van der Waals surface area contributed by atoms with Crippen molar-refractivity contribution >= 4 is 21.8 Å². The molecule has 1 amide bonds. The molecule has 0 saturated carbocycles. The lowest BCUT2D eigenvalue weighted by atomic mass is 10.2. The van der Waals surface area contributed by atoms with Gasteiger partial charge in [-0.1, -0.05) is 0 Å². The van der Waals surface area contributed by atoms with Crippen molar-refractivity contribution in [3.63, 3.8) is 0 Å². The predicted molar refractivity (Wildman–Crippen MR) is 76.0 cm³/mol. The van der Waals surface area contributed by atoms with Crippen molar-refractivity contribution in [1.82, 2.24) is 4.98 Å². The monoisotopic (exact) mass is 320 g/mol. The first kappa shape index (κ1) is 13.5. The van der Waals surface area contributed by atoms with Crippen LogP contribution >= 0.6 is 15.9 Å². The normalized spacial score (nSPS) is 10.2. The second-order valence-corrected chi connectivity index (χ2v) is 4.98. The van der Waals surface area contributed by atoms with Gasteiger partial charge < -0.3 is 10.5 Å². The summed E-state index contributed by atoms with van der Waals surface area (Å²) in [6.45, 7) is 2.37. The Morgan fingerprint density at radius 2 is 2.16 bits per heavy atom. The third-order valence-corrected chi connectivity index (χ3v) is 3.18. The van der Waals surface area contributed by atoms with E-state index in [1.54, 1.807) is 24.4 Å². The van der Waals surface area contributed by atoms with Crippen molar-refractivity contribution in [2.24, 2.45) is 5.73 Å². The van der Waals surface area contributed by atoms with E-state index in [1.807, 2.05) is 19.1 Å². The van der Waals surface area contributed by atoms with Gasteiger partial charge in [0, 0.05) is 11.8 Å². The van der Waals surface area contributed by atoms with Gasteiger partial charge in [0.25, 0.3) is 0 Å². The average Bonchev–Trinajstić information content (AvgIpc) is 2.37. The lowest BCUT2D eigenvalue weighted by molar-refractivity contribution is 0.1000. The maximum atomic E-state index is 11.0. The highest BCUT2D eigenvalue weighted by Gasteiger charge is 2.06. The molecule has 0 aliphatic carbocycles. The van der Waals surface area contributed by atoms with E-state index in [-0.39, 0.29) is 0 Å². The molecule has 1 aromatic carbocycles. The van der Waals surface area contributed by atoms with Crippen LogP contribution in [-0.4, -0.2) is 10.9 Å². The third kappa shape index (κ3) is 3.54. The smallest absolute Gasteiger partial charge is 0.248 e. The molecule has 0 fully saturated rings. The molecule has 98 valence electrons. The molecule has 1 aromatic heterocycles. The van der Waals surface area contributed by atoms with Crippen LogP contribution in [-0.2, 0) is 6.61 Å². The zero-order valence-electron chi connectivity index (χ0n) is 10.4. The number of hydrogen-bond acceptors (Lipinski definition) is 3. The highest BCUT2D eigenvalue weighted by atomic mass is 79.9. The Kier molecular flexibility index (Phi) is 4.16. The van der Waals surface area contributed by atoms with Gasteiger partial charge in [-0.15, -0.1) is 0 Å². The Morgan fingerprint density at radius 1 is 1.37 bits per heavy atom. The Hall–Kier alpha value is -1.88. The van der Waals surface area contributed by atoms with Crippen LogP contribution in [0.25, 0.3) is 0 Å². The predicted octanol–water partition coefficient (Wildman–Crippen LogP) is 2.83. The summed E-state index contributed by atoms with van der Waals surface area (Å²) >= 11 is 3.35. The van der Waals surface area contributed by atoms with Crippen LogP contribution in [0.15, 0.2) is 41.0 Å². The van der Waals surface area contributed by atoms with Crippen molar-refractivity contribution < 1.29 is 9.53 Å². The molecule has 0 spiro atoms. The van der Waals surface area contributed by atoms with Crippen molar-refractivity contribution in [3.05, 3.63) is 57.8 Å². The van der Waals surface area contributed by atoms with Crippen LogP contribution in [0.3, 0.4) is 0 Å². The van der Waals surface area contributed by atoms with Crippen LogP contribution in [0, 0.1) is 6.92 Å². The summed E-state index contributed by atoms with van der Waals surface area (Å²) in [6, 6.07) is 8.88. The fourth-order valence-corrected chi connectivity index (χ4v) is 2.09. The maximum absolute atomic E-state index is 11.0. The number of benzene rings is 1. The number of carbonyl (C=O) groups is 1. The fraction of sp³-hybridized carbons (Fsp3) is 0.143. The molecule has 2 N–H and O–H groups in total. The molecule has 0 unspecified atom stereocenters. The fourth-order valence-electron chi connectivity index (χ4n) is 1.60. The maximum Gasteiger partial charge on any atom is 0.248 e. The molecule has 5 heteroatoms. The molecular formula is C14H13BrN2O2. The molecule has 0 aliphatic heterocycles. The second kappa shape index (κ2) is 5.84. The van der Waals surface area contributed by atoms with E-state index in [2.05, 4.69) is 20.9 Å². The van der Waals surface area contributed by atoms with Crippen molar-refractivity contribution in [3.8, 4) is 5.75 Å². The molecule has 0 radical (unpaired) electrons. The summed E-state index contributed by atoms with van der Waals surface area (Å²) in [7, 11) is 0. The third-order valence-electron chi connectivity index (χ3n) is 2.56. The van der Waals surface area contributed by atoms with Gasteiger partial charge in [0.1, 0.15) is 12.4 Å². The summed E-state index contributed by atoms with van der Waals surface area (Å²) in [5.41, 5.74) is 7.63. The molecule has 0 aliphatic rings. The minimum absolute atomic E-state index is 0.371. The number of halogens is 1. The number of pyridine rings is 1. The van der Waals surface area contributed by atoms with Gasteiger partial charge in [0.05, 0.1) is 10.2 Å². The number of primary amides is 1. The Bertz CT molecular complexity index is 614. The first-order valence-electron chi connectivity index (χ1n) is 5.70. The number of ether oxygens (including phenoxy) is 1. The summed E-state index contributed by atoms with van der Waals surface area (Å²) in [5.74, 6) is 0.181. The molecule has 4 nitrogen and oxygen atoms in total. The number of hydrogen-bond donors (Lipinski definition) is 1. The molecule has 2 aromatic rings. The minimum Gasteiger partial charge on any atom is -0.486 e. The molecule has 2 rings (SSSR count). The van der Waals surface area contributed by atoms with Gasteiger partial charge in [0.15, 0.2) is 0 Å². The van der Waals surface area contributed by atoms with Crippen LogP contribution < -0.4 is 10.5 Å². The summed E-state index contributed by atoms with van der Waals surface area (Å²) in [5, 5.41) is 0. The van der Waals surface area contributed by atoms with E-state index in [0.29, 0.717) is 22.4 Å². The van der Waals surface area contributed by atoms with Gasteiger partial charge in [0.2, 0.25) is 5.91 Å². The summed E-state index contributed by atoms with van der Waals surface area (Å²) in [4.78, 5) is 15.2. The zero-order valence-corrected chi connectivity index (χ0v) is 12.0. The largest absolute Gasteiger partial charge is 0.486 e. The van der Waals surface area contributed by atoms with Crippen LogP contribution in [0.2, 0.25) is 0 Å². The quantitative estimate of drug-likeness (QED) is 0.942. The lowest BCUT2D eigenvalue weighted by Crippen LogP contribution is -2.10. The second-order valence-electron chi connectivity index (χ2n) is 4.12. The SMILES string of the molecule is Cc1ccnc(COc2ccc(C(N)=O)cc2Br)c1. The van der Waals surface area contributed by atoms with Gasteiger partial charge in [-0.05, 0) is 58.7 Å². The number of aromatic nitrogens is 1. The molecule has 1 heterocycles. The number of amides is 1. The van der Waals surface area contributed by atoms with Gasteiger partial charge in [-0.3, -0.25) is 9.78 Å². The number of nitrogens with two attached hydrogens (primary N) is 1. The van der Waals surface area contributed by atoms with Gasteiger partial charge in [-0.2, -0.15) is 0 Å². The first-order valence-corrected chi connectivity index (χ1v) is 6.49. The number of aryl methyl sites for hydroxylation is 1. The lowest BCUT2D eigenvalue weighted by Gasteiger charge is -2.09. The average molecular weight is 321 g/mol. The Balaban J connectivity index is 2.10. The molecular weight excluding hydrogens is 308 g/mol. The topological polar surface area (TPSA) is 65.2 Å². The van der Waals surface area contributed by atoms with E-state index in [1.165, 1.54) is 0 Å². The summed E-state index contributed by atoms with van der Waals surface area (Å²) < 4.78 is 6.34. The highest BCUT2D eigenvalue weighted by Crippen LogP contribution is 2.26. The van der Waals surface area contributed by atoms with Crippen molar-refractivity contribution in [2.45, 2.75) is 13.5 Å². The minimum atomic E-state index is -0.465. The molecule has 19 heavy (non-hydrogen) atoms. The van der Waals surface area contributed by atoms with E-state index in [0.717, 1.165) is 11.3 Å². The first-order chi connectivity index (χ1) is 9.06. The van der Waals surface area contributed by atoms with Crippen molar-refractivity contribution in [1.29, 1.82) is 0 Å². The van der Waals surface area contributed by atoms with Crippen LogP contribution in [0.5, 0.6) is 5.75 Å². The number of rotatable bonds is 4. The van der Waals surface area contributed by atoms with E-state index in [4.69, 9.17) is 10.5 Å². The van der Waals surface area contributed by atoms with E-state index >= 15 is 0 Å². The molecule has 0 bridgehead atoms. The van der Waals surface area contributed by atoms with Gasteiger partial charge >= 0.3 is 0 Å². The number of carbonyl (C=O) groups excluding carboxylic acids is 1. The Morgan fingerprint density at radius 3 is 2.79 bits per heavy atom. The molecule has 0 atom stereocenters. The zero-order chi connectivity index (χ0) is 13.8. The number of nitrogens with zero attached hydrogens (tertiary/aromatic N) is 1. The van der Waals surface area contributed by atoms with Gasteiger partial charge in [-0.25, -0.2) is 0 Å². The highest BCUT2D eigenvalue weighted by molar-refractivity contribution is 9.10. The Labute approximate surface area is 119 Å². The summed E-state index contributed by atoms with van der Waals surface area (Å²) in [6.07, 6.45) is 1.75. The van der Waals surface area contributed by atoms with Crippen LogP contribution in [0.4, 0.5) is 0 Å². The van der Waals surface area contributed by atoms with E-state index < -0.39 is 5.91 Å². The standard InChI is InChI=1S/C14H13BrN2O2/c1-9-4-5-17-11(6-9)8-19-13-3-2-10(14(16)18)7-12(13)15/h2-7H,8H2,1H3,(H2,16,18). The van der Waals surface area contributed by atoms with Crippen LogP contribution in [0.1, 0.15) is 21.6 Å². The van der Waals surface area contributed by atoms with Crippen molar-refractivity contribution in [2.75, 3.05) is 0 Å². The molecule has 0 saturated heterocycles. The van der Waals surface area contributed by atoms with E-state index in [9.17, 15) is 4.79 Å².